The zero-order valence-corrected chi connectivity index (χ0v) is 18.6. The molecule has 0 bridgehead atoms. The van der Waals surface area contributed by atoms with E-state index in [0.29, 0.717) is 11.4 Å². The van der Waals surface area contributed by atoms with Crippen molar-refractivity contribution in [1.82, 2.24) is 5.32 Å². The summed E-state index contributed by atoms with van der Waals surface area (Å²) in [5.74, 6) is 3.65. The summed E-state index contributed by atoms with van der Waals surface area (Å²) in [5, 5.41) is 13.7. The molecule has 0 radical (unpaired) electrons. The normalized spacial score (nSPS) is 11.3. The monoisotopic (exact) mass is 470 g/mol. The third-order valence-electron chi connectivity index (χ3n) is 5.34. The summed E-state index contributed by atoms with van der Waals surface area (Å²) < 4.78 is 10.4. The number of hydrogen-bond acceptors (Lipinski definition) is 5. The highest BCUT2D eigenvalue weighted by molar-refractivity contribution is 6.04. The smallest absolute Gasteiger partial charge is 0.407 e. The second-order valence-electron chi connectivity index (χ2n) is 7.64. The number of amides is 2. The third kappa shape index (κ3) is 5.97. The highest BCUT2D eigenvalue weighted by Gasteiger charge is 2.28. The van der Waals surface area contributed by atoms with Crippen LogP contribution in [0, 0.1) is 11.8 Å². The highest BCUT2D eigenvalue weighted by Crippen LogP contribution is 2.44. The molecule has 0 aromatic heterocycles. The van der Waals surface area contributed by atoms with E-state index in [2.05, 4.69) is 34.6 Å². The molecule has 0 heterocycles. The molecule has 1 aliphatic rings. The van der Waals surface area contributed by atoms with E-state index in [9.17, 15) is 14.4 Å². The molecule has 0 aliphatic heterocycles. The Hall–Kier alpha value is -4.77. The third-order valence-corrected chi connectivity index (χ3v) is 5.34. The summed E-state index contributed by atoms with van der Waals surface area (Å²) in [7, 11) is 0. The van der Waals surface area contributed by atoms with Gasteiger partial charge in [-0.25, -0.2) is 9.59 Å². The number of benzene rings is 3. The minimum Gasteiger partial charge on any atom is -0.482 e. The van der Waals surface area contributed by atoms with Gasteiger partial charge in [-0.1, -0.05) is 54.5 Å². The predicted octanol–water partition coefficient (Wildman–Crippen LogP) is 3.63. The maximum Gasteiger partial charge on any atom is 0.407 e. The molecule has 2 amide bonds. The van der Waals surface area contributed by atoms with E-state index in [4.69, 9.17) is 14.6 Å². The largest absolute Gasteiger partial charge is 0.482 e. The molecule has 3 aromatic carbocycles. The van der Waals surface area contributed by atoms with Crippen molar-refractivity contribution in [2.24, 2.45) is 0 Å². The van der Waals surface area contributed by atoms with Crippen molar-refractivity contribution in [3.8, 4) is 28.7 Å². The van der Waals surface area contributed by atoms with Crippen LogP contribution < -0.4 is 15.4 Å². The average molecular weight is 470 g/mol. The van der Waals surface area contributed by atoms with Crippen LogP contribution in [-0.2, 0) is 14.3 Å². The molecule has 0 fully saturated rings. The molecule has 0 unspecified atom stereocenters. The molecule has 0 saturated carbocycles. The molecule has 8 heteroatoms. The number of aliphatic carboxylic acids is 1. The summed E-state index contributed by atoms with van der Waals surface area (Å²) in [6.45, 7) is -0.306. The Kier molecular flexibility index (Phi) is 7.28. The summed E-state index contributed by atoms with van der Waals surface area (Å²) in [6, 6.07) is 22.3. The van der Waals surface area contributed by atoms with Gasteiger partial charge in [-0.15, -0.1) is 0 Å². The topological polar surface area (TPSA) is 114 Å². The Balaban J connectivity index is 1.22. The fourth-order valence-corrected chi connectivity index (χ4v) is 3.83. The Morgan fingerprint density at radius 1 is 0.886 bits per heavy atom. The first-order valence-corrected chi connectivity index (χ1v) is 10.8. The van der Waals surface area contributed by atoms with Gasteiger partial charge in [0.1, 0.15) is 12.4 Å². The lowest BCUT2D eigenvalue weighted by Crippen LogP contribution is -2.26. The fourth-order valence-electron chi connectivity index (χ4n) is 3.83. The quantitative estimate of drug-likeness (QED) is 0.455. The van der Waals surface area contributed by atoms with Crippen molar-refractivity contribution in [2.45, 2.75) is 5.92 Å². The predicted molar refractivity (Wildman–Crippen MR) is 129 cm³/mol. The van der Waals surface area contributed by atoms with E-state index in [-0.39, 0.29) is 19.1 Å². The lowest BCUT2D eigenvalue weighted by Gasteiger charge is -2.14. The van der Waals surface area contributed by atoms with Crippen LogP contribution in [0.1, 0.15) is 17.0 Å². The first kappa shape index (κ1) is 23.4. The molecule has 3 N–H and O–H groups in total. The van der Waals surface area contributed by atoms with Gasteiger partial charge in [0.25, 0.3) is 5.91 Å². The molecule has 3 aromatic rings. The minimum absolute atomic E-state index is 0.0362. The van der Waals surface area contributed by atoms with E-state index in [1.54, 1.807) is 12.1 Å². The van der Waals surface area contributed by atoms with Crippen LogP contribution in [-0.4, -0.2) is 42.8 Å². The van der Waals surface area contributed by atoms with Crippen LogP contribution in [0.25, 0.3) is 11.1 Å². The van der Waals surface area contributed by atoms with Crippen LogP contribution in [0.2, 0.25) is 0 Å². The number of carboxylic acids is 1. The number of anilines is 1. The zero-order valence-electron chi connectivity index (χ0n) is 18.6. The molecular formula is C27H22N2O6. The van der Waals surface area contributed by atoms with E-state index in [0.717, 1.165) is 22.3 Å². The highest BCUT2D eigenvalue weighted by atomic mass is 16.5. The number of alkyl carbamates (subject to hydrolysis) is 1. The van der Waals surface area contributed by atoms with E-state index >= 15 is 0 Å². The number of nitrogens with one attached hydrogen (secondary N) is 2. The number of hydrogen-bond donors (Lipinski definition) is 3. The maximum atomic E-state index is 12.1. The van der Waals surface area contributed by atoms with Gasteiger partial charge in [-0.3, -0.25) is 4.79 Å². The van der Waals surface area contributed by atoms with Crippen molar-refractivity contribution >= 4 is 23.7 Å². The van der Waals surface area contributed by atoms with Gasteiger partial charge in [0, 0.05) is 11.6 Å². The minimum atomic E-state index is -1.08. The van der Waals surface area contributed by atoms with Crippen molar-refractivity contribution < 1.29 is 29.0 Å². The number of carbonyl (C=O) groups is 3. The standard InChI is InChI=1S/C27H22N2O6/c30-25(29-18-11-13-19(14-12-18)34-17-26(31)32)10-5-15-28-27(33)35-16-24-22-8-3-1-6-20(22)21-7-2-4-9-23(21)24/h1-4,6-9,11-14,24H,15-17H2,(H,28,33)(H,29,30)(H,31,32). The van der Waals surface area contributed by atoms with Crippen molar-refractivity contribution in [2.75, 3.05) is 25.1 Å². The van der Waals surface area contributed by atoms with Crippen LogP contribution in [0.4, 0.5) is 10.5 Å². The Morgan fingerprint density at radius 2 is 1.51 bits per heavy atom. The van der Waals surface area contributed by atoms with E-state index in [1.165, 1.54) is 12.1 Å². The summed E-state index contributed by atoms with van der Waals surface area (Å²) in [5.41, 5.74) is 5.02. The molecule has 8 nitrogen and oxygen atoms in total. The van der Waals surface area contributed by atoms with Crippen LogP contribution in [0.3, 0.4) is 0 Å². The molecule has 4 rings (SSSR count). The molecule has 0 atom stereocenters. The van der Waals surface area contributed by atoms with Crippen LogP contribution >= 0.6 is 0 Å². The molecule has 0 saturated heterocycles. The lowest BCUT2D eigenvalue weighted by atomic mass is 9.98. The number of fused-ring (bicyclic) bond motifs is 3. The van der Waals surface area contributed by atoms with Crippen molar-refractivity contribution in [3.05, 3.63) is 83.9 Å². The van der Waals surface area contributed by atoms with Crippen molar-refractivity contribution in [3.63, 3.8) is 0 Å². The SMILES string of the molecule is O=C(O)COc1ccc(NC(=O)C#CCNC(=O)OCC2c3ccccc3-c3ccccc32)cc1. The number of rotatable bonds is 7. The zero-order chi connectivity index (χ0) is 24.6. The Bertz CT molecular complexity index is 1260. The number of ether oxygens (including phenoxy) is 2. The lowest BCUT2D eigenvalue weighted by molar-refractivity contribution is -0.139. The van der Waals surface area contributed by atoms with E-state index in [1.807, 2.05) is 36.4 Å². The second-order valence-corrected chi connectivity index (χ2v) is 7.64. The molecule has 35 heavy (non-hydrogen) atoms. The molecule has 0 spiro atoms. The molecule has 1 aliphatic carbocycles. The van der Waals surface area contributed by atoms with Gasteiger partial charge < -0.3 is 25.2 Å². The summed E-state index contributed by atoms with van der Waals surface area (Å²) in [6.07, 6.45) is -0.612. The molecule has 176 valence electrons. The van der Waals surface area contributed by atoms with Gasteiger partial charge in [0.05, 0.1) is 6.54 Å². The first-order valence-electron chi connectivity index (χ1n) is 10.8. The summed E-state index contributed by atoms with van der Waals surface area (Å²) >= 11 is 0. The Morgan fingerprint density at radius 3 is 2.14 bits per heavy atom. The summed E-state index contributed by atoms with van der Waals surface area (Å²) in [4.78, 5) is 34.6. The van der Waals surface area contributed by atoms with Crippen LogP contribution in [0.15, 0.2) is 72.8 Å². The van der Waals surface area contributed by atoms with Gasteiger partial charge in [0.15, 0.2) is 6.61 Å². The van der Waals surface area contributed by atoms with Gasteiger partial charge in [-0.2, -0.15) is 0 Å². The number of carbonyl (C=O) groups excluding carboxylic acids is 2. The Labute approximate surface area is 201 Å². The maximum absolute atomic E-state index is 12.1. The van der Waals surface area contributed by atoms with Crippen molar-refractivity contribution in [1.29, 1.82) is 0 Å². The van der Waals surface area contributed by atoms with Gasteiger partial charge in [-0.05, 0) is 52.4 Å². The second kappa shape index (κ2) is 10.9. The molecular weight excluding hydrogens is 448 g/mol. The van der Waals surface area contributed by atoms with Crippen LogP contribution in [0.5, 0.6) is 5.75 Å². The van der Waals surface area contributed by atoms with Gasteiger partial charge >= 0.3 is 12.1 Å². The first-order chi connectivity index (χ1) is 17.0. The van der Waals surface area contributed by atoms with E-state index < -0.39 is 24.6 Å². The number of carboxylic acid groups (broad SMARTS) is 1. The van der Waals surface area contributed by atoms with Gasteiger partial charge in [0.2, 0.25) is 0 Å². The fraction of sp³-hybridized carbons (Fsp3) is 0.148. The average Bonchev–Trinajstić information content (AvgIpc) is 3.18.